The maximum atomic E-state index is 7.43. The largest absolute Gasteiger partial charge is 0.455 e. The Morgan fingerprint density at radius 2 is 1.16 bits per heavy atom. The molecule has 3 nitrogen and oxygen atoms in total. The molecule has 0 aromatic heterocycles. The SMILES string of the molecule is CC1C2C3OC3CCC12[Si](C)(C)O[Si](C)(C)C12CCC3OC3C1C2C. The molecule has 5 heteroatoms. The van der Waals surface area contributed by atoms with Crippen molar-refractivity contribution in [3.05, 3.63) is 0 Å². The van der Waals surface area contributed by atoms with Gasteiger partial charge < -0.3 is 13.6 Å². The van der Waals surface area contributed by atoms with Gasteiger partial charge in [-0.15, -0.1) is 0 Å². The lowest BCUT2D eigenvalue weighted by Crippen LogP contribution is -2.54. The minimum Gasteiger partial charge on any atom is -0.455 e. The molecule has 0 bridgehead atoms. The second-order valence-electron chi connectivity index (χ2n) is 11.2. The molecule has 10 unspecified atom stereocenters. The quantitative estimate of drug-likeness (QED) is 0.532. The first-order valence-electron chi connectivity index (χ1n) is 10.7. The predicted octanol–water partition coefficient (Wildman–Crippen LogP) is 4.55. The van der Waals surface area contributed by atoms with Crippen LogP contribution in [0.1, 0.15) is 39.5 Å². The van der Waals surface area contributed by atoms with Crippen LogP contribution in [-0.2, 0) is 13.6 Å². The molecule has 2 heterocycles. The molecule has 0 radical (unpaired) electrons. The Kier molecular flexibility index (Phi) is 2.81. The Morgan fingerprint density at radius 3 is 1.56 bits per heavy atom. The van der Waals surface area contributed by atoms with Crippen LogP contribution in [0.4, 0.5) is 0 Å². The van der Waals surface area contributed by atoms with E-state index < -0.39 is 16.6 Å². The number of epoxide rings is 2. The van der Waals surface area contributed by atoms with Gasteiger partial charge in [0.2, 0.25) is 0 Å². The lowest BCUT2D eigenvalue weighted by Gasteiger charge is -2.46. The lowest BCUT2D eigenvalue weighted by molar-refractivity contribution is 0.354. The van der Waals surface area contributed by atoms with Crippen LogP contribution in [0.5, 0.6) is 0 Å². The highest BCUT2D eigenvalue weighted by atomic mass is 28.4. The van der Waals surface area contributed by atoms with Crippen LogP contribution in [0.25, 0.3) is 0 Å². The molecule has 6 fully saturated rings. The summed E-state index contributed by atoms with van der Waals surface area (Å²) in [7, 11) is -3.54. The first-order valence-corrected chi connectivity index (χ1v) is 16.5. The Labute approximate surface area is 154 Å². The van der Waals surface area contributed by atoms with E-state index in [9.17, 15) is 0 Å². The van der Waals surface area contributed by atoms with Crippen LogP contribution >= 0.6 is 0 Å². The van der Waals surface area contributed by atoms with Crippen molar-refractivity contribution in [2.75, 3.05) is 0 Å². The average molecular weight is 379 g/mol. The van der Waals surface area contributed by atoms with Gasteiger partial charge >= 0.3 is 0 Å². The second-order valence-corrected chi connectivity index (χ2v) is 19.9. The average Bonchev–Trinajstić information content (AvgIpc) is 3.36. The Bertz CT molecular complexity index is 597. The molecule has 2 saturated heterocycles. The number of ether oxygens (including phenoxy) is 2. The molecule has 0 aromatic rings. The Hall–Kier alpha value is 0.314. The summed E-state index contributed by atoms with van der Waals surface area (Å²) in [5.74, 6) is 3.27. The first-order chi connectivity index (χ1) is 11.7. The van der Waals surface area contributed by atoms with E-state index in [0.29, 0.717) is 34.5 Å². The highest BCUT2D eigenvalue weighted by molar-refractivity contribution is 6.88. The number of rotatable bonds is 4. The fraction of sp³-hybridized carbons (Fsp3) is 1.00. The van der Waals surface area contributed by atoms with Gasteiger partial charge in [-0.2, -0.15) is 0 Å². The van der Waals surface area contributed by atoms with Crippen molar-refractivity contribution in [2.24, 2.45) is 23.7 Å². The molecule has 10 atom stereocenters. The summed E-state index contributed by atoms with van der Waals surface area (Å²) in [6.07, 6.45) is 7.69. The summed E-state index contributed by atoms with van der Waals surface area (Å²) in [4.78, 5) is 0. The van der Waals surface area contributed by atoms with Crippen molar-refractivity contribution in [1.29, 1.82) is 0 Å². The van der Waals surface area contributed by atoms with Gasteiger partial charge in [-0.1, -0.05) is 13.8 Å². The van der Waals surface area contributed by atoms with Gasteiger partial charge in [-0.3, -0.25) is 0 Å². The van der Waals surface area contributed by atoms with Crippen LogP contribution in [0.15, 0.2) is 0 Å². The summed E-state index contributed by atoms with van der Waals surface area (Å²) in [6.45, 7) is 15.2. The standard InChI is InChI=1S/C20H34O3Si2/c1-11-15-17-13(21-17)7-9-19(11,15)24(3,4)23-25(5,6)20-10-8-14-18(22-14)16(20)12(20)2/h11-18H,7-10H2,1-6H3. The molecule has 0 spiro atoms. The van der Waals surface area contributed by atoms with Crippen LogP contribution < -0.4 is 0 Å². The topological polar surface area (TPSA) is 34.3 Å². The van der Waals surface area contributed by atoms with Crippen molar-refractivity contribution in [3.63, 3.8) is 0 Å². The van der Waals surface area contributed by atoms with Crippen LogP contribution in [0.2, 0.25) is 36.3 Å². The monoisotopic (exact) mass is 378 g/mol. The van der Waals surface area contributed by atoms with Gasteiger partial charge in [0.1, 0.15) is 0 Å². The zero-order valence-electron chi connectivity index (χ0n) is 16.7. The molecule has 0 amide bonds. The fourth-order valence-electron chi connectivity index (χ4n) is 8.78. The van der Waals surface area contributed by atoms with Crippen molar-refractivity contribution >= 4 is 16.6 Å². The van der Waals surface area contributed by atoms with Gasteiger partial charge in [0.25, 0.3) is 0 Å². The fourth-order valence-corrected chi connectivity index (χ4v) is 21.7. The maximum Gasteiger partial charge on any atom is 0.180 e. The Balaban J connectivity index is 1.28. The van der Waals surface area contributed by atoms with Crippen LogP contribution in [0.3, 0.4) is 0 Å². The smallest absolute Gasteiger partial charge is 0.180 e. The second kappa shape index (κ2) is 4.32. The highest BCUT2D eigenvalue weighted by Gasteiger charge is 2.82. The normalized spacial score (nSPS) is 60.7. The van der Waals surface area contributed by atoms with E-state index in [-0.39, 0.29) is 0 Å². The molecule has 25 heavy (non-hydrogen) atoms. The summed E-state index contributed by atoms with van der Waals surface area (Å²) < 4.78 is 19.4. The van der Waals surface area contributed by atoms with Crippen LogP contribution in [0, 0.1) is 23.7 Å². The van der Waals surface area contributed by atoms with E-state index in [0.717, 1.165) is 23.7 Å². The van der Waals surface area contributed by atoms with Crippen molar-refractivity contribution in [2.45, 2.75) is 100 Å². The minimum absolute atomic E-state index is 0.506. The van der Waals surface area contributed by atoms with Crippen molar-refractivity contribution in [3.8, 4) is 0 Å². The Morgan fingerprint density at radius 1 is 0.760 bits per heavy atom. The summed E-state index contributed by atoms with van der Waals surface area (Å²) in [5.41, 5.74) is 0. The molecule has 0 aromatic carbocycles. The molecular weight excluding hydrogens is 344 g/mol. The van der Waals surface area contributed by atoms with Gasteiger partial charge in [0.15, 0.2) is 16.6 Å². The number of hydrogen-bond donors (Lipinski definition) is 0. The third kappa shape index (κ3) is 1.70. The van der Waals surface area contributed by atoms with Gasteiger partial charge in [-0.05, 0) is 85.6 Å². The van der Waals surface area contributed by atoms with E-state index in [1.165, 1.54) is 25.7 Å². The third-order valence-corrected chi connectivity index (χ3v) is 20.7. The van der Waals surface area contributed by atoms with Crippen molar-refractivity contribution < 1.29 is 13.6 Å². The molecule has 4 aliphatic carbocycles. The summed E-state index contributed by atoms with van der Waals surface area (Å²) in [5, 5.41) is 1.01. The van der Waals surface area contributed by atoms with Gasteiger partial charge in [0.05, 0.1) is 24.4 Å². The van der Waals surface area contributed by atoms with E-state index >= 15 is 0 Å². The predicted molar refractivity (Wildman–Crippen MR) is 103 cm³/mol. The number of hydrogen-bond acceptors (Lipinski definition) is 3. The van der Waals surface area contributed by atoms with E-state index in [1.807, 2.05) is 0 Å². The maximum absolute atomic E-state index is 7.43. The summed E-state index contributed by atoms with van der Waals surface area (Å²) >= 11 is 0. The molecule has 6 rings (SSSR count). The highest BCUT2D eigenvalue weighted by Crippen LogP contribution is 2.83. The van der Waals surface area contributed by atoms with Gasteiger partial charge in [-0.25, -0.2) is 0 Å². The minimum atomic E-state index is -1.77. The van der Waals surface area contributed by atoms with E-state index in [4.69, 9.17) is 13.6 Å². The van der Waals surface area contributed by atoms with Crippen molar-refractivity contribution in [1.82, 2.24) is 0 Å². The zero-order chi connectivity index (χ0) is 17.6. The van der Waals surface area contributed by atoms with E-state index in [2.05, 4.69) is 40.0 Å². The number of fused-ring (bicyclic) bond motifs is 6. The molecule has 4 saturated carbocycles. The molecule has 140 valence electrons. The third-order valence-electron chi connectivity index (χ3n) is 10.1. The van der Waals surface area contributed by atoms with Gasteiger partial charge in [0, 0.05) is 0 Å². The first kappa shape index (κ1) is 16.3. The summed E-state index contributed by atoms with van der Waals surface area (Å²) in [6, 6.07) is 0. The lowest BCUT2D eigenvalue weighted by atomic mass is 10.0. The molecule has 2 aliphatic heterocycles. The van der Waals surface area contributed by atoms with E-state index in [1.54, 1.807) is 0 Å². The zero-order valence-corrected chi connectivity index (χ0v) is 18.7. The molecular formula is C20H34O3Si2. The molecule has 0 N–H and O–H groups in total. The van der Waals surface area contributed by atoms with Crippen LogP contribution in [-0.4, -0.2) is 41.1 Å². The molecule has 6 aliphatic rings.